The maximum Gasteiger partial charge on any atom is 0.244 e. The first-order valence-electron chi connectivity index (χ1n) is 7.85. The molecule has 0 radical (unpaired) electrons. The summed E-state index contributed by atoms with van der Waals surface area (Å²) in [6, 6.07) is 5.82. The molecule has 122 valence electrons. The van der Waals surface area contributed by atoms with Crippen molar-refractivity contribution in [2.45, 2.75) is 45.6 Å². The molecule has 4 nitrogen and oxygen atoms in total. The van der Waals surface area contributed by atoms with E-state index in [0.29, 0.717) is 11.5 Å². The molecule has 0 spiro atoms. The highest BCUT2D eigenvalue weighted by Crippen LogP contribution is 2.27. The first-order chi connectivity index (χ1) is 10.6. The second kappa shape index (κ2) is 9.87. The SMILES string of the molecule is CCCC(CCC)NC(=O)/C=C/c1ccc(OC)c(OC)c1. The lowest BCUT2D eigenvalue weighted by Gasteiger charge is -2.15. The van der Waals surface area contributed by atoms with Crippen LogP contribution in [0.25, 0.3) is 6.08 Å². The zero-order valence-corrected chi connectivity index (χ0v) is 14.0. The Morgan fingerprint density at radius 3 is 2.32 bits per heavy atom. The summed E-state index contributed by atoms with van der Waals surface area (Å²) in [7, 11) is 3.20. The molecule has 1 aromatic rings. The second-order valence-corrected chi connectivity index (χ2v) is 5.23. The van der Waals surface area contributed by atoms with Gasteiger partial charge in [-0.1, -0.05) is 32.8 Å². The Morgan fingerprint density at radius 1 is 1.14 bits per heavy atom. The highest BCUT2D eigenvalue weighted by Gasteiger charge is 2.08. The normalized spacial score (nSPS) is 11.0. The van der Waals surface area contributed by atoms with E-state index >= 15 is 0 Å². The number of rotatable bonds is 9. The van der Waals surface area contributed by atoms with E-state index in [-0.39, 0.29) is 11.9 Å². The van der Waals surface area contributed by atoms with E-state index in [2.05, 4.69) is 19.2 Å². The van der Waals surface area contributed by atoms with E-state index in [1.807, 2.05) is 18.2 Å². The quantitative estimate of drug-likeness (QED) is 0.706. The largest absolute Gasteiger partial charge is 0.493 e. The fraction of sp³-hybridized carbons (Fsp3) is 0.500. The van der Waals surface area contributed by atoms with Crippen LogP contribution >= 0.6 is 0 Å². The second-order valence-electron chi connectivity index (χ2n) is 5.23. The minimum absolute atomic E-state index is 0.0540. The Hall–Kier alpha value is -1.97. The molecule has 0 atom stereocenters. The Kier molecular flexibility index (Phi) is 8.11. The zero-order chi connectivity index (χ0) is 16.4. The monoisotopic (exact) mass is 305 g/mol. The summed E-state index contributed by atoms with van der Waals surface area (Å²) in [4.78, 5) is 12.0. The topological polar surface area (TPSA) is 47.6 Å². The van der Waals surface area contributed by atoms with Gasteiger partial charge in [-0.05, 0) is 36.6 Å². The van der Waals surface area contributed by atoms with Gasteiger partial charge in [0.05, 0.1) is 14.2 Å². The highest BCUT2D eigenvalue weighted by atomic mass is 16.5. The van der Waals surface area contributed by atoms with Gasteiger partial charge >= 0.3 is 0 Å². The van der Waals surface area contributed by atoms with Crippen molar-refractivity contribution in [3.63, 3.8) is 0 Å². The van der Waals surface area contributed by atoms with Crippen LogP contribution in [0, 0.1) is 0 Å². The van der Waals surface area contributed by atoms with Gasteiger partial charge in [-0.2, -0.15) is 0 Å². The number of benzene rings is 1. The van der Waals surface area contributed by atoms with Gasteiger partial charge in [0, 0.05) is 12.1 Å². The molecule has 0 fully saturated rings. The number of carbonyl (C=O) groups excluding carboxylic acids is 1. The van der Waals surface area contributed by atoms with Gasteiger partial charge in [0.25, 0.3) is 0 Å². The number of amides is 1. The maximum absolute atomic E-state index is 12.0. The van der Waals surface area contributed by atoms with Crippen molar-refractivity contribution < 1.29 is 14.3 Å². The number of hydrogen-bond donors (Lipinski definition) is 1. The number of hydrogen-bond acceptors (Lipinski definition) is 3. The van der Waals surface area contributed by atoms with Crippen molar-refractivity contribution in [1.82, 2.24) is 5.32 Å². The Balaban J connectivity index is 2.68. The lowest BCUT2D eigenvalue weighted by atomic mass is 10.1. The number of carbonyl (C=O) groups is 1. The van der Waals surface area contributed by atoms with Crippen LogP contribution in [0.1, 0.15) is 45.1 Å². The molecule has 0 aliphatic heterocycles. The fourth-order valence-electron chi connectivity index (χ4n) is 2.36. The third kappa shape index (κ3) is 5.80. The van der Waals surface area contributed by atoms with Crippen LogP contribution < -0.4 is 14.8 Å². The number of nitrogens with one attached hydrogen (secondary N) is 1. The van der Waals surface area contributed by atoms with Gasteiger partial charge in [0.1, 0.15) is 0 Å². The third-order valence-corrected chi connectivity index (χ3v) is 3.46. The molecular weight excluding hydrogens is 278 g/mol. The van der Waals surface area contributed by atoms with Gasteiger partial charge in [-0.25, -0.2) is 0 Å². The molecule has 0 heterocycles. The molecule has 0 aliphatic rings. The van der Waals surface area contributed by atoms with Crippen LogP contribution in [-0.2, 0) is 4.79 Å². The molecule has 0 aromatic heterocycles. The van der Waals surface area contributed by atoms with Crippen LogP contribution in [0.5, 0.6) is 11.5 Å². The van der Waals surface area contributed by atoms with Crippen LogP contribution in [-0.4, -0.2) is 26.2 Å². The Labute approximate surface area is 133 Å². The first kappa shape index (κ1) is 18.1. The summed E-state index contributed by atoms with van der Waals surface area (Å²) in [5, 5.41) is 3.06. The van der Waals surface area contributed by atoms with Crippen molar-refractivity contribution in [2.75, 3.05) is 14.2 Å². The van der Waals surface area contributed by atoms with E-state index < -0.39 is 0 Å². The summed E-state index contributed by atoms with van der Waals surface area (Å²) in [6.45, 7) is 4.27. The first-order valence-corrected chi connectivity index (χ1v) is 7.85. The molecule has 1 amide bonds. The smallest absolute Gasteiger partial charge is 0.244 e. The number of ether oxygens (including phenoxy) is 2. The minimum Gasteiger partial charge on any atom is -0.493 e. The van der Waals surface area contributed by atoms with Gasteiger partial charge in [-0.15, -0.1) is 0 Å². The lowest BCUT2D eigenvalue weighted by molar-refractivity contribution is -0.117. The van der Waals surface area contributed by atoms with Gasteiger partial charge in [-0.3, -0.25) is 4.79 Å². The molecular formula is C18H27NO3. The maximum atomic E-state index is 12.0. The summed E-state index contributed by atoms with van der Waals surface area (Å²) in [5.41, 5.74) is 0.898. The summed E-state index contributed by atoms with van der Waals surface area (Å²) in [5.74, 6) is 1.27. The molecule has 1 aromatic carbocycles. The molecule has 0 saturated heterocycles. The van der Waals surface area contributed by atoms with Crippen molar-refractivity contribution in [2.24, 2.45) is 0 Å². The van der Waals surface area contributed by atoms with Crippen LogP contribution in [0.3, 0.4) is 0 Å². The predicted octanol–water partition coefficient (Wildman–Crippen LogP) is 3.80. The predicted molar refractivity (Wildman–Crippen MR) is 90.3 cm³/mol. The Bertz CT molecular complexity index is 491. The van der Waals surface area contributed by atoms with Crippen molar-refractivity contribution in [3.05, 3.63) is 29.8 Å². The van der Waals surface area contributed by atoms with Crippen molar-refractivity contribution in [1.29, 1.82) is 0 Å². The third-order valence-electron chi connectivity index (χ3n) is 3.46. The van der Waals surface area contributed by atoms with E-state index in [0.717, 1.165) is 31.2 Å². The van der Waals surface area contributed by atoms with Gasteiger partial charge < -0.3 is 14.8 Å². The van der Waals surface area contributed by atoms with E-state index in [4.69, 9.17) is 9.47 Å². The molecule has 22 heavy (non-hydrogen) atoms. The molecule has 0 saturated carbocycles. The van der Waals surface area contributed by atoms with E-state index in [1.165, 1.54) is 0 Å². The molecule has 1 N–H and O–H groups in total. The number of methoxy groups -OCH3 is 2. The van der Waals surface area contributed by atoms with Gasteiger partial charge in [0.2, 0.25) is 5.91 Å². The summed E-state index contributed by atoms with van der Waals surface area (Å²) < 4.78 is 10.4. The molecule has 0 aliphatic carbocycles. The molecule has 0 bridgehead atoms. The molecule has 4 heteroatoms. The fourth-order valence-corrected chi connectivity index (χ4v) is 2.36. The van der Waals surface area contributed by atoms with E-state index in [1.54, 1.807) is 26.4 Å². The minimum atomic E-state index is -0.0540. The summed E-state index contributed by atoms with van der Waals surface area (Å²) in [6.07, 6.45) is 7.54. The standard InChI is InChI=1S/C18H27NO3/c1-5-7-15(8-6-2)19-18(20)12-10-14-9-11-16(21-3)17(13-14)22-4/h9-13,15H,5-8H2,1-4H3,(H,19,20)/b12-10+. The lowest BCUT2D eigenvalue weighted by Crippen LogP contribution is -2.33. The van der Waals surface area contributed by atoms with E-state index in [9.17, 15) is 4.79 Å². The Morgan fingerprint density at radius 2 is 1.77 bits per heavy atom. The average molecular weight is 305 g/mol. The van der Waals surface area contributed by atoms with Crippen LogP contribution in [0.15, 0.2) is 24.3 Å². The highest BCUT2D eigenvalue weighted by molar-refractivity contribution is 5.92. The van der Waals surface area contributed by atoms with Crippen LogP contribution in [0.2, 0.25) is 0 Å². The summed E-state index contributed by atoms with van der Waals surface area (Å²) >= 11 is 0. The zero-order valence-electron chi connectivity index (χ0n) is 14.0. The van der Waals surface area contributed by atoms with Gasteiger partial charge in [0.15, 0.2) is 11.5 Å². The van der Waals surface area contributed by atoms with Crippen LogP contribution in [0.4, 0.5) is 0 Å². The molecule has 0 unspecified atom stereocenters. The molecule has 1 rings (SSSR count). The van der Waals surface area contributed by atoms with Crippen molar-refractivity contribution >= 4 is 12.0 Å². The average Bonchev–Trinajstić information content (AvgIpc) is 2.53. The van der Waals surface area contributed by atoms with Crippen molar-refractivity contribution in [3.8, 4) is 11.5 Å².